The van der Waals surface area contributed by atoms with E-state index in [0.717, 1.165) is 40.9 Å². The molecule has 0 atom stereocenters. The number of rotatable bonds is 21. The zero-order valence-electron chi connectivity index (χ0n) is 25.5. The molecule has 0 saturated heterocycles. The van der Waals surface area contributed by atoms with Crippen LogP contribution in [0, 0.1) is 0 Å². The van der Waals surface area contributed by atoms with Crippen molar-refractivity contribution in [2.75, 3.05) is 5.32 Å². The highest BCUT2D eigenvalue weighted by atomic mass is 16.5. The first-order valence-electron chi connectivity index (χ1n) is 16.7. The van der Waals surface area contributed by atoms with Crippen LogP contribution in [0.4, 0.5) is 5.69 Å². The van der Waals surface area contributed by atoms with Crippen LogP contribution < -0.4 is 14.6 Å². The van der Waals surface area contributed by atoms with Crippen molar-refractivity contribution in [1.82, 2.24) is 0 Å². The molecule has 0 unspecified atom stereocenters. The fourth-order valence-corrected chi connectivity index (χ4v) is 5.81. The lowest BCUT2D eigenvalue weighted by Crippen LogP contribution is -2.35. The molecule has 4 nitrogen and oxygen atoms in total. The second-order valence-corrected chi connectivity index (χ2v) is 11.7. The van der Waals surface area contributed by atoms with E-state index in [1.165, 1.54) is 116 Å². The maximum Gasteiger partial charge on any atom is 0.374 e. The second kappa shape index (κ2) is 18.4. The largest absolute Gasteiger partial charge is 0.439 e. The number of benzene rings is 2. The van der Waals surface area contributed by atoms with Gasteiger partial charge in [0, 0.05) is 12.5 Å². The number of hydrogen-bond acceptors (Lipinski definition) is 3. The van der Waals surface area contributed by atoms with E-state index in [1.807, 2.05) is 48.6 Å². The summed E-state index contributed by atoms with van der Waals surface area (Å²) >= 11 is 0. The quantitative estimate of drug-likeness (QED) is 0.105. The SMILES string of the molecule is CCCCCCCCCCCCCCCCCCCC[n+]1c(C=CC=C2Nc3ccccc3O2)oc2ccccc21. The Morgan fingerprint density at radius 1 is 0.659 bits per heavy atom. The third-order valence-corrected chi connectivity index (χ3v) is 8.22. The molecule has 2 heterocycles. The Hall–Kier alpha value is -3.01. The fraction of sp³-hybridized carbons (Fsp3) is 0.541. The van der Waals surface area contributed by atoms with Crippen LogP contribution in [0.2, 0.25) is 0 Å². The number of unbranched alkanes of at least 4 members (excludes halogenated alkanes) is 17. The van der Waals surface area contributed by atoms with Gasteiger partial charge in [0.05, 0.1) is 11.8 Å². The third kappa shape index (κ3) is 10.7. The van der Waals surface area contributed by atoms with Gasteiger partial charge >= 0.3 is 5.89 Å². The number of allylic oxidation sites excluding steroid dienone is 2. The number of ether oxygens (including phenoxy) is 1. The lowest BCUT2D eigenvalue weighted by atomic mass is 10.0. The minimum atomic E-state index is 0.730. The number of nitrogens with zero attached hydrogens (tertiary/aromatic N) is 1. The number of oxazole rings is 1. The molecule has 0 saturated carbocycles. The van der Waals surface area contributed by atoms with Crippen LogP contribution in [0.15, 0.2) is 71.0 Å². The number of fused-ring (bicyclic) bond motifs is 2. The molecule has 1 N–H and O–H groups in total. The molecule has 1 aliphatic heterocycles. The van der Waals surface area contributed by atoms with Gasteiger partial charge < -0.3 is 14.5 Å². The van der Waals surface area contributed by atoms with Crippen LogP contribution in [0.1, 0.15) is 128 Å². The standard InChI is InChI=1S/C37H52N2O2/c1-2-3-4-5-6-7-8-9-10-11-12-13-14-15-16-17-18-23-31-39-33-26-20-22-28-35(33)41-37(39)30-24-29-36-38-32-25-19-21-27-34(32)40-36/h19-22,24-30H,2-18,23,31H2,1H3/p+1. The minimum absolute atomic E-state index is 0.730. The van der Waals surface area contributed by atoms with Crippen molar-refractivity contribution in [2.24, 2.45) is 0 Å². The average Bonchev–Trinajstić information content (AvgIpc) is 3.57. The van der Waals surface area contributed by atoms with E-state index >= 15 is 0 Å². The third-order valence-electron chi connectivity index (χ3n) is 8.22. The van der Waals surface area contributed by atoms with Gasteiger partial charge in [0.25, 0.3) is 5.52 Å². The maximum atomic E-state index is 6.20. The maximum absolute atomic E-state index is 6.20. The fourth-order valence-electron chi connectivity index (χ4n) is 5.81. The highest BCUT2D eigenvalue weighted by Gasteiger charge is 2.20. The van der Waals surface area contributed by atoms with Gasteiger partial charge in [-0.15, -0.1) is 0 Å². The Labute approximate surface area is 248 Å². The molecule has 3 aromatic rings. The first-order chi connectivity index (χ1) is 20.3. The van der Waals surface area contributed by atoms with Crippen molar-refractivity contribution in [2.45, 2.75) is 129 Å². The number of hydrogen-bond donors (Lipinski definition) is 1. The van der Waals surface area contributed by atoms with Crippen molar-refractivity contribution in [3.05, 3.63) is 72.5 Å². The molecule has 0 bridgehead atoms. The topological polar surface area (TPSA) is 38.3 Å². The summed E-state index contributed by atoms with van der Waals surface area (Å²) in [6.07, 6.45) is 31.2. The molecular formula is C37H53N2O2+. The molecule has 4 rings (SSSR count). The highest BCUT2D eigenvalue weighted by molar-refractivity contribution is 5.69. The number of nitrogens with one attached hydrogen (secondary N) is 1. The summed E-state index contributed by atoms with van der Waals surface area (Å²) in [7, 11) is 0. The van der Waals surface area contributed by atoms with Gasteiger partial charge in [-0.25, -0.2) is 0 Å². The summed E-state index contributed by atoms with van der Waals surface area (Å²) in [5, 5.41) is 3.30. The Balaban J connectivity index is 1.07. The summed E-state index contributed by atoms with van der Waals surface area (Å²) in [5.74, 6) is 2.47. The molecule has 0 fully saturated rings. The first-order valence-corrected chi connectivity index (χ1v) is 16.7. The second-order valence-electron chi connectivity index (χ2n) is 11.7. The monoisotopic (exact) mass is 557 g/mol. The lowest BCUT2D eigenvalue weighted by Gasteiger charge is -2.03. The zero-order chi connectivity index (χ0) is 28.4. The molecule has 1 aromatic heterocycles. The molecule has 0 amide bonds. The molecule has 0 spiro atoms. The zero-order valence-corrected chi connectivity index (χ0v) is 25.5. The molecule has 1 aliphatic rings. The van der Waals surface area contributed by atoms with E-state index in [4.69, 9.17) is 9.15 Å². The molecule has 222 valence electrons. The molecule has 41 heavy (non-hydrogen) atoms. The summed E-state index contributed by atoms with van der Waals surface area (Å²) in [5.41, 5.74) is 3.10. The number of aromatic nitrogens is 1. The van der Waals surface area contributed by atoms with E-state index in [2.05, 4.69) is 35.0 Å². The summed E-state index contributed by atoms with van der Waals surface area (Å²) in [4.78, 5) is 0. The van der Waals surface area contributed by atoms with Crippen molar-refractivity contribution in [3.8, 4) is 5.75 Å². The van der Waals surface area contributed by atoms with Crippen LogP contribution in [0.25, 0.3) is 17.2 Å². The Morgan fingerprint density at radius 2 is 1.22 bits per heavy atom. The normalized spacial score (nSPS) is 13.7. The first kappa shape index (κ1) is 30.9. The minimum Gasteiger partial charge on any atom is -0.439 e. The van der Waals surface area contributed by atoms with E-state index in [-0.39, 0.29) is 0 Å². The van der Waals surface area contributed by atoms with Crippen LogP contribution in [-0.4, -0.2) is 0 Å². The molecule has 0 radical (unpaired) electrons. The van der Waals surface area contributed by atoms with Crippen LogP contribution in [0.3, 0.4) is 0 Å². The number of anilines is 1. The van der Waals surface area contributed by atoms with Crippen LogP contribution in [-0.2, 0) is 6.54 Å². The Morgan fingerprint density at radius 3 is 1.85 bits per heavy atom. The predicted octanol–water partition coefficient (Wildman–Crippen LogP) is 11.1. The summed E-state index contributed by atoms with van der Waals surface area (Å²) < 4.78 is 14.4. The molecule has 2 aromatic carbocycles. The van der Waals surface area contributed by atoms with E-state index in [9.17, 15) is 0 Å². The average molecular weight is 558 g/mol. The highest BCUT2D eigenvalue weighted by Crippen LogP contribution is 2.32. The van der Waals surface area contributed by atoms with Gasteiger partial charge in [0.1, 0.15) is 0 Å². The predicted molar refractivity (Wildman–Crippen MR) is 173 cm³/mol. The van der Waals surface area contributed by atoms with Gasteiger partial charge in [-0.2, -0.15) is 4.57 Å². The summed E-state index contributed by atoms with van der Waals surface area (Å²) in [6.45, 7) is 3.27. The lowest BCUT2D eigenvalue weighted by molar-refractivity contribution is -0.678. The molecular weight excluding hydrogens is 504 g/mol. The van der Waals surface area contributed by atoms with Gasteiger partial charge in [0.2, 0.25) is 5.58 Å². The summed E-state index contributed by atoms with van der Waals surface area (Å²) in [6, 6.07) is 16.3. The van der Waals surface area contributed by atoms with E-state index in [1.54, 1.807) is 0 Å². The number of para-hydroxylation sites is 4. The van der Waals surface area contributed by atoms with Gasteiger partial charge in [-0.1, -0.05) is 134 Å². The van der Waals surface area contributed by atoms with E-state index < -0.39 is 0 Å². The van der Waals surface area contributed by atoms with Crippen molar-refractivity contribution < 1.29 is 13.7 Å². The molecule has 0 aliphatic carbocycles. The van der Waals surface area contributed by atoms with Crippen molar-refractivity contribution in [1.29, 1.82) is 0 Å². The number of aryl methyl sites for hydroxylation is 1. The smallest absolute Gasteiger partial charge is 0.374 e. The molecule has 4 heteroatoms. The Kier molecular flexibility index (Phi) is 13.9. The van der Waals surface area contributed by atoms with Crippen molar-refractivity contribution >= 4 is 22.9 Å². The Bertz CT molecular complexity index is 1180. The van der Waals surface area contributed by atoms with E-state index in [0.29, 0.717) is 0 Å². The van der Waals surface area contributed by atoms with Crippen LogP contribution >= 0.6 is 0 Å². The van der Waals surface area contributed by atoms with Gasteiger partial charge in [-0.3, -0.25) is 0 Å². The van der Waals surface area contributed by atoms with Crippen LogP contribution in [0.5, 0.6) is 5.75 Å². The van der Waals surface area contributed by atoms with Crippen molar-refractivity contribution in [3.63, 3.8) is 0 Å². The van der Waals surface area contributed by atoms with Gasteiger partial charge in [-0.05, 0) is 36.8 Å². The van der Waals surface area contributed by atoms with Gasteiger partial charge in [0.15, 0.2) is 18.2 Å².